The van der Waals surface area contributed by atoms with Crippen LogP contribution in [-0.2, 0) is 0 Å². The lowest BCUT2D eigenvalue weighted by atomic mass is 10.0. The van der Waals surface area contributed by atoms with Crippen molar-refractivity contribution in [1.29, 1.82) is 0 Å². The molecule has 0 aromatic heterocycles. The van der Waals surface area contributed by atoms with Crippen molar-refractivity contribution in [2.75, 3.05) is 0 Å². The van der Waals surface area contributed by atoms with Gasteiger partial charge >= 0.3 is 5.97 Å². The Morgan fingerprint density at radius 1 is 1.50 bits per heavy atom. The van der Waals surface area contributed by atoms with Crippen LogP contribution in [0.1, 0.15) is 28.9 Å². The maximum Gasteiger partial charge on any atom is 0.335 e. The number of carboxylic acids is 1. The highest BCUT2D eigenvalue weighted by Gasteiger charge is 2.33. The Kier molecular flexibility index (Phi) is 2.44. The molecular weight excluding hydrogens is 208 g/mol. The first-order chi connectivity index (χ1) is 7.50. The second kappa shape index (κ2) is 3.64. The molecule has 2 atom stereocenters. The quantitative estimate of drug-likeness (QED) is 0.745. The minimum atomic E-state index is -1.02. The second-order valence-corrected chi connectivity index (χ2v) is 3.89. The zero-order valence-corrected chi connectivity index (χ0v) is 8.80. The van der Waals surface area contributed by atoms with Crippen LogP contribution in [0.5, 0.6) is 5.75 Å². The van der Waals surface area contributed by atoms with Crippen molar-refractivity contribution < 1.29 is 19.7 Å². The van der Waals surface area contributed by atoms with Crippen LogP contribution in [0.4, 0.5) is 0 Å². The van der Waals surface area contributed by atoms with Crippen molar-refractivity contribution in [1.82, 2.24) is 0 Å². The van der Waals surface area contributed by atoms with Gasteiger partial charge in [0, 0.05) is 5.56 Å². The van der Waals surface area contributed by atoms with E-state index >= 15 is 0 Å². The maximum atomic E-state index is 10.8. The third-order valence-corrected chi connectivity index (χ3v) is 2.60. The smallest absolute Gasteiger partial charge is 0.335 e. The van der Waals surface area contributed by atoms with Crippen molar-refractivity contribution in [3.63, 3.8) is 0 Å². The summed E-state index contributed by atoms with van der Waals surface area (Å²) in [5, 5.41) is 18.8. The van der Waals surface area contributed by atoms with Crippen LogP contribution in [0.25, 0.3) is 0 Å². The van der Waals surface area contributed by atoms with Crippen LogP contribution in [-0.4, -0.2) is 22.3 Å². The third kappa shape index (κ3) is 1.57. The average molecular weight is 220 g/mol. The first kappa shape index (κ1) is 10.7. The van der Waals surface area contributed by atoms with Gasteiger partial charge in [-0.25, -0.2) is 4.79 Å². The molecule has 4 nitrogen and oxygen atoms in total. The molecule has 0 saturated carbocycles. The predicted octanol–water partition coefficient (Wildman–Crippen LogP) is 1.76. The number of benzene rings is 1. The largest absolute Gasteiger partial charge is 0.483 e. The topological polar surface area (TPSA) is 66.8 Å². The van der Waals surface area contributed by atoms with Gasteiger partial charge in [0.15, 0.2) is 0 Å². The molecule has 4 heteroatoms. The molecule has 1 aromatic rings. The SMILES string of the molecule is C=C(C)C1Oc2ccc(C(=O)O)cc2C1O. The van der Waals surface area contributed by atoms with Gasteiger partial charge in [-0.05, 0) is 30.7 Å². The van der Waals surface area contributed by atoms with Crippen LogP contribution in [0.2, 0.25) is 0 Å². The number of carbonyl (C=O) groups is 1. The van der Waals surface area contributed by atoms with E-state index in [1.54, 1.807) is 13.0 Å². The van der Waals surface area contributed by atoms with Gasteiger partial charge in [-0.15, -0.1) is 0 Å². The van der Waals surface area contributed by atoms with Crippen LogP contribution in [0.15, 0.2) is 30.4 Å². The van der Waals surface area contributed by atoms with Gasteiger partial charge in [-0.3, -0.25) is 0 Å². The molecular formula is C12H12O4. The van der Waals surface area contributed by atoms with E-state index in [0.29, 0.717) is 16.9 Å². The zero-order chi connectivity index (χ0) is 11.9. The van der Waals surface area contributed by atoms with Crippen LogP contribution < -0.4 is 4.74 Å². The van der Waals surface area contributed by atoms with E-state index in [-0.39, 0.29) is 5.56 Å². The molecule has 0 bridgehead atoms. The summed E-state index contributed by atoms with van der Waals surface area (Å²) in [6.45, 7) is 5.49. The molecule has 2 N–H and O–H groups in total. The van der Waals surface area contributed by atoms with Crippen LogP contribution >= 0.6 is 0 Å². The predicted molar refractivity (Wildman–Crippen MR) is 57.6 cm³/mol. The number of rotatable bonds is 2. The number of aromatic carboxylic acids is 1. The van der Waals surface area contributed by atoms with Crippen molar-refractivity contribution in [3.05, 3.63) is 41.5 Å². The molecule has 1 heterocycles. The molecule has 0 saturated heterocycles. The van der Waals surface area contributed by atoms with E-state index < -0.39 is 18.2 Å². The lowest BCUT2D eigenvalue weighted by molar-refractivity contribution is 0.0696. The fourth-order valence-electron chi connectivity index (χ4n) is 1.75. The molecule has 0 aliphatic carbocycles. The van der Waals surface area contributed by atoms with Gasteiger partial charge in [0.25, 0.3) is 0 Å². The molecule has 2 rings (SSSR count). The first-order valence-corrected chi connectivity index (χ1v) is 4.88. The fourth-order valence-corrected chi connectivity index (χ4v) is 1.75. The van der Waals surface area contributed by atoms with Gasteiger partial charge in [0.1, 0.15) is 18.0 Å². The zero-order valence-electron chi connectivity index (χ0n) is 8.80. The van der Waals surface area contributed by atoms with Crippen molar-refractivity contribution >= 4 is 5.97 Å². The Morgan fingerprint density at radius 2 is 2.19 bits per heavy atom. The number of aliphatic hydroxyl groups is 1. The van der Waals surface area contributed by atoms with Gasteiger partial charge in [-0.2, -0.15) is 0 Å². The molecule has 1 aromatic carbocycles. The normalized spacial score (nSPS) is 22.4. The molecule has 16 heavy (non-hydrogen) atoms. The van der Waals surface area contributed by atoms with Gasteiger partial charge < -0.3 is 14.9 Å². The van der Waals surface area contributed by atoms with Crippen molar-refractivity contribution in [3.8, 4) is 5.75 Å². The Hall–Kier alpha value is -1.81. The standard InChI is InChI=1S/C12H12O4/c1-6(2)11-10(13)8-5-7(12(14)15)3-4-9(8)16-11/h3-5,10-11,13H,1H2,2H3,(H,14,15). The van der Waals surface area contributed by atoms with E-state index in [2.05, 4.69) is 6.58 Å². The van der Waals surface area contributed by atoms with Crippen LogP contribution in [0, 0.1) is 0 Å². The molecule has 84 valence electrons. The minimum absolute atomic E-state index is 0.142. The summed E-state index contributed by atoms with van der Waals surface area (Å²) in [4.78, 5) is 10.8. The summed E-state index contributed by atoms with van der Waals surface area (Å²) in [6.07, 6.45) is -1.33. The maximum absolute atomic E-state index is 10.8. The molecule has 0 amide bonds. The number of hydrogen-bond donors (Lipinski definition) is 2. The lowest BCUT2D eigenvalue weighted by Crippen LogP contribution is -2.19. The number of carboxylic acid groups (broad SMARTS) is 1. The van der Waals surface area contributed by atoms with E-state index in [1.807, 2.05) is 0 Å². The Bertz CT molecular complexity index is 464. The van der Waals surface area contributed by atoms with Gasteiger partial charge in [-0.1, -0.05) is 6.58 Å². The molecule has 0 fully saturated rings. The monoisotopic (exact) mass is 220 g/mol. The molecule has 1 aliphatic rings. The first-order valence-electron chi connectivity index (χ1n) is 4.88. The Balaban J connectivity index is 2.41. The van der Waals surface area contributed by atoms with Gasteiger partial charge in [0.2, 0.25) is 0 Å². The number of fused-ring (bicyclic) bond motifs is 1. The van der Waals surface area contributed by atoms with E-state index in [1.165, 1.54) is 12.1 Å². The third-order valence-electron chi connectivity index (χ3n) is 2.60. The summed E-state index contributed by atoms with van der Waals surface area (Å²) in [7, 11) is 0. The van der Waals surface area contributed by atoms with E-state index in [4.69, 9.17) is 9.84 Å². The molecule has 1 aliphatic heterocycles. The lowest BCUT2D eigenvalue weighted by Gasteiger charge is -2.13. The minimum Gasteiger partial charge on any atom is -0.483 e. The van der Waals surface area contributed by atoms with E-state index in [9.17, 15) is 9.90 Å². The summed E-state index contributed by atoms with van der Waals surface area (Å²) in [5.41, 5.74) is 1.36. The summed E-state index contributed by atoms with van der Waals surface area (Å²) < 4.78 is 5.47. The highest BCUT2D eigenvalue weighted by Crippen LogP contribution is 2.39. The Labute approximate surface area is 92.8 Å². The summed E-state index contributed by atoms with van der Waals surface area (Å²) in [5.74, 6) is -0.501. The highest BCUT2D eigenvalue weighted by molar-refractivity contribution is 5.88. The number of aliphatic hydroxyl groups excluding tert-OH is 1. The Morgan fingerprint density at radius 3 is 2.75 bits per heavy atom. The van der Waals surface area contributed by atoms with Crippen molar-refractivity contribution in [2.45, 2.75) is 19.1 Å². The summed E-state index contributed by atoms with van der Waals surface area (Å²) in [6, 6.07) is 4.45. The number of ether oxygens (including phenoxy) is 1. The van der Waals surface area contributed by atoms with E-state index in [0.717, 1.165) is 0 Å². The molecule has 2 unspecified atom stereocenters. The van der Waals surface area contributed by atoms with Crippen molar-refractivity contribution in [2.24, 2.45) is 0 Å². The fraction of sp³-hybridized carbons (Fsp3) is 0.250. The molecule has 0 spiro atoms. The van der Waals surface area contributed by atoms with Crippen LogP contribution in [0.3, 0.4) is 0 Å². The average Bonchev–Trinajstić information content (AvgIpc) is 2.56. The van der Waals surface area contributed by atoms with Gasteiger partial charge in [0.05, 0.1) is 5.56 Å². The molecule has 0 radical (unpaired) electrons. The summed E-state index contributed by atoms with van der Waals surface area (Å²) >= 11 is 0. The number of hydrogen-bond acceptors (Lipinski definition) is 3. The highest BCUT2D eigenvalue weighted by atomic mass is 16.5. The second-order valence-electron chi connectivity index (χ2n) is 3.89.